The number of aromatic nitrogens is 1. The van der Waals surface area contributed by atoms with Crippen molar-refractivity contribution in [1.82, 2.24) is 4.98 Å². The Labute approximate surface area is 355 Å². The topological polar surface area (TPSA) is 253 Å². The van der Waals surface area contributed by atoms with Crippen LogP contribution < -0.4 is 0 Å². The quantitative estimate of drug-likeness (QED) is 0.295. The molecule has 1 N–H and O–H groups in total. The van der Waals surface area contributed by atoms with Crippen LogP contribution in [0, 0.1) is 17.3 Å². The number of benzene rings is 1. The Bertz CT molecular complexity index is 2140. The largest absolute Gasteiger partial charge is 0.465 e. The van der Waals surface area contributed by atoms with Gasteiger partial charge in [0.25, 0.3) is 0 Å². The molecule has 4 aliphatic rings. The van der Waals surface area contributed by atoms with Crippen LogP contribution in [-0.2, 0) is 77.8 Å². The maximum Gasteiger partial charge on any atom is 0.340 e. The number of carbonyl (C=O) groups excluding carboxylic acids is 8. The van der Waals surface area contributed by atoms with Crippen molar-refractivity contribution < 1.29 is 86.1 Å². The van der Waals surface area contributed by atoms with Crippen molar-refractivity contribution in [3.05, 3.63) is 65.5 Å². The van der Waals surface area contributed by atoms with Crippen molar-refractivity contribution in [3.63, 3.8) is 0 Å². The molecule has 2 saturated carbocycles. The summed E-state index contributed by atoms with van der Waals surface area (Å²) in [7, 11) is 0. The number of hydrogen-bond donors (Lipinski definition) is 1. The maximum atomic E-state index is 14.4. The molecule has 12 atom stereocenters. The van der Waals surface area contributed by atoms with Crippen LogP contribution in [0.25, 0.3) is 0 Å². The summed E-state index contributed by atoms with van der Waals surface area (Å²) in [6, 6.07) is 10.4. The maximum absolute atomic E-state index is 14.4. The van der Waals surface area contributed by atoms with Gasteiger partial charge in [-0.05, 0) is 51.0 Å². The van der Waals surface area contributed by atoms with Crippen LogP contribution in [0.3, 0.4) is 0 Å². The molecule has 0 radical (unpaired) electrons. The molecule has 1 aromatic heterocycles. The van der Waals surface area contributed by atoms with E-state index in [0.29, 0.717) is 0 Å². The zero-order valence-corrected chi connectivity index (χ0v) is 35.4. The third-order valence-corrected chi connectivity index (χ3v) is 12.1. The van der Waals surface area contributed by atoms with Gasteiger partial charge >= 0.3 is 47.8 Å². The van der Waals surface area contributed by atoms with Gasteiger partial charge in [0.05, 0.1) is 28.7 Å². The number of aryl methyl sites for hydroxylation is 1. The Morgan fingerprint density at radius 3 is 1.98 bits per heavy atom. The average Bonchev–Trinajstić information content (AvgIpc) is 3.41. The van der Waals surface area contributed by atoms with Crippen LogP contribution in [0.5, 0.6) is 0 Å². The van der Waals surface area contributed by atoms with Crippen LogP contribution in [0.4, 0.5) is 0 Å². The molecule has 3 heterocycles. The van der Waals surface area contributed by atoms with Gasteiger partial charge in [-0.3, -0.25) is 33.8 Å². The molecule has 1 unspecified atom stereocenters. The number of fused-ring (bicyclic) bond motifs is 5. The van der Waals surface area contributed by atoms with Crippen molar-refractivity contribution >= 4 is 47.8 Å². The Hall–Kier alpha value is -5.95. The fourth-order valence-electron chi connectivity index (χ4n) is 9.74. The molecule has 1 spiro atoms. The first-order chi connectivity index (χ1) is 29.1. The predicted molar refractivity (Wildman–Crippen MR) is 205 cm³/mol. The summed E-state index contributed by atoms with van der Waals surface area (Å²) in [4.78, 5) is 113. The van der Waals surface area contributed by atoms with Gasteiger partial charge in [0, 0.05) is 40.8 Å². The fraction of sp³-hybridized carbons (Fsp3) is 0.558. The van der Waals surface area contributed by atoms with E-state index in [2.05, 4.69) is 4.98 Å². The lowest BCUT2D eigenvalue weighted by Gasteiger charge is -2.67. The molecule has 2 aliphatic heterocycles. The Morgan fingerprint density at radius 1 is 0.774 bits per heavy atom. The van der Waals surface area contributed by atoms with E-state index in [4.69, 9.17) is 42.6 Å². The van der Waals surface area contributed by atoms with Gasteiger partial charge in [0.2, 0.25) is 0 Å². The van der Waals surface area contributed by atoms with E-state index in [1.165, 1.54) is 56.4 Å². The highest BCUT2D eigenvalue weighted by Gasteiger charge is 2.92. The number of ether oxygens (including phenoxy) is 9. The number of aliphatic hydroxyl groups is 1. The molecule has 2 aliphatic carbocycles. The van der Waals surface area contributed by atoms with Gasteiger partial charge in [-0.15, -0.1) is 0 Å². The summed E-state index contributed by atoms with van der Waals surface area (Å²) >= 11 is 0. The lowest BCUT2D eigenvalue weighted by molar-refractivity contribution is -0.385. The lowest BCUT2D eigenvalue weighted by atomic mass is 9.45. The molecule has 1 saturated heterocycles. The number of nitrogens with zero attached hydrogens (tertiary/aromatic N) is 1. The third-order valence-electron chi connectivity index (χ3n) is 12.1. The van der Waals surface area contributed by atoms with Crippen LogP contribution >= 0.6 is 0 Å². The van der Waals surface area contributed by atoms with E-state index in [-0.39, 0.29) is 29.7 Å². The van der Waals surface area contributed by atoms with E-state index in [0.717, 1.165) is 41.5 Å². The average molecular weight is 868 g/mol. The van der Waals surface area contributed by atoms with Crippen molar-refractivity contribution in [2.24, 2.45) is 17.3 Å². The molecular formula is C43H49NO18. The van der Waals surface area contributed by atoms with Crippen LogP contribution in [0.1, 0.15) is 88.2 Å². The summed E-state index contributed by atoms with van der Waals surface area (Å²) in [6.07, 6.45) is -10.6. The van der Waals surface area contributed by atoms with Gasteiger partial charge in [-0.2, -0.15) is 0 Å². The highest BCUT2D eigenvalue weighted by atomic mass is 16.7. The van der Waals surface area contributed by atoms with E-state index in [9.17, 15) is 43.5 Å². The summed E-state index contributed by atoms with van der Waals surface area (Å²) in [6.45, 7) is 7.17. The molecule has 3 fully saturated rings. The highest BCUT2D eigenvalue weighted by molar-refractivity contribution is 5.91. The van der Waals surface area contributed by atoms with Gasteiger partial charge in [-0.25, -0.2) is 9.59 Å². The third kappa shape index (κ3) is 7.76. The smallest absolute Gasteiger partial charge is 0.340 e. The first-order valence-corrected chi connectivity index (χ1v) is 19.9. The van der Waals surface area contributed by atoms with Gasteiger partial charge in [-0.1, -0.05) is 25.1 Å². The summed E-state index contributed by atoms with van der Waals surface area (Å²) in [5.74, 6) is -10.7. The molecule has 6 rings (SSSR count). The minimum atomic E-state index is -2.84. The second-order valence-corrected chi connectivity index (χ2v) is 16.4. The van der Waals surface area contributed by atoms with Gasteiger partial charge in [0.1, 0.15) is 42.0 Å². The normalized spacial score (nSPS) is 35.0. The fourth-order valence-corrected chi connectivity index (χ4v) is 9.74. The van der Waals surface area contributed by atoms with E-state index in [1.54, 1.807) is 6.07 Å². The SMILES string of the molecule is CC(=O)OC[C@]12[C@H](OC(=O)c3ccccc3)[C@@H](OC(C)=O)[C@@H]3OC(=O)[C@H](C)CCc4ncccc4C(=O)OC[C@@]4(C)O[C@@]1([C@H](OC(C)=O)C4[C@@H](OC(C)=O)[C@H]2OC(C)=O)[C@@]3(C)O. The molecular weight excluding hydrogens is 818 g/mol. The van der Waals surface area contributed by atoms with E-state index < -0.39 is 132 Å². The second-order valence-electron chi connectivity index (χ2n) is 16.4. The summed E-state index contributed by atoms with van der Waals surface area (Å²) < 4.78 is 55.4. The Balaban J connectivity index is 1.79. The number of pyridine rings is 1. The molecule has 19 heteroatoms. The second kappa shape index (κ2) is 17.1. The highest BCUT2D eigenvalue weighted by Crippen LogP contribution is 2.70. The number of esters is 8. The molecule has 2 aromatic rings. The van der Waals surface area contributed by atoms with Crippen molar-refractivity contribution in [2.75, 3.05) is 13.2 Å². The van der Waals surface area contributed by atoms with Crippen molar-refractivity contribution in [1.29, 1.82) is 0 Å². The molecule has 62 heavy (non-hydrogen) atoms. The Kier molecular flexibility index (Phi) is 12.6. The monoisotopic (exact) mass is 867 g/mol. The number of cyclic esters (lactones) is 1. The van der Waals surface area contributed by atoms with E-state index >= 15 is 0 Å². The first kappa shape index (κ1) is 45.6. The number of carbonyl (C=O) groups is 8. The molecule has 1 aromatic carbocycles. The predicted octanol–water partition coefficient (Wildman–Crippen LogP) is 2.16. The number of rotatable bonds is 8. The summed E-state index contributed by atoms with van der Waals surface area (Å²) in [5, 5.41) is 13.6. The summed E-state index contributed by atoms with van der Waals surface area (Å²) in [5.41, 5.74) is -10.2. The molecule has 19 nitrogen and oxygen atoms in total. The minimum Gasteiger partial charge on any atom is -0.465 e. The lowest BCUT2D eigenvalue weighted by Crippen LogP contribution is -2.89. The van der Waals surface area contributed by atoms with Crippen molar-refractivity contribution in [3.8, 4) is 0 Å². The van der Waals surface area contributed by atoms with Crippen molar-refractivity contribution in [2.45, 2.75) is 122 Å². The molecule has 0 amide bonds. The van der Waals surface area contributed by atoms with Crippen LogP contribution in [0.2, 0.25) is 0 Å². The van der Waals surface area contributed by atoms with Crippen LogP contribution in [-0.4, -0.2) is 124 Å². The minimum absolute atomic E-state index is 0.0225. The van der Waals surface area contributed by atoms with Gasteiger partial charge < -0.3 is 47.7 Å². The van der Waals surface area contributed by atoms with E-state index in [1.807, 2.05) is 0 Å². The van der Waals surface area contributed by atoms with Crippen LogP contribution in [0.15, 0.2) is 48.7 Å². The Morgan fingerprint density at radius 2 is 1.37 bits per heavy atom. The number of hydrogen-bond acceptors (Lipinski definition) is 19. The van der Waals surface area contributed by atoms with Gasteiger partial charge in [0.15, 0.2) is 30.0 Å². The first-order valence-electron chi connectivity index (χ1n) is 19.9. The standard InChI is InChI=1S/C43H49NO18/c1-21-16-17-29-28(15-12-18-44-29)39(52)55-19-40(7)30-31(56-23(3)46)35(59-26(6)49)42(20-54-22(2)45)36(61-38(51)27-13-10-9-11-14-27)32(57-24(4)47)34(60-37(21)50)41(8,53)43(42,62-40)33(30)58-25(5)48/h9-15,18,21,30-36,53H,16-17,19-20H2,1-8H3/t21-,30?,31-,32+,33-,34+,35-,36-,40-,41+,42+,43+/m1/s1. The molecule has 4 bridgehead atoms. The zero-order valence-electron chi connectivity index (χ0n) is 35.4. The molecule has 334 valence electrons. The zero-order chi connectivity index (χ0) is 45.5.